The zero-order valence-electron chi connectivity index (χ0n) is 27.2. The summed E-state index contributed by atoms with van der Waals surface area (Å²) in [7, 11) is 10.6. The molecule has 0 aliphatic heterocycles. The van der Waals surface area contributed by atoms with E-state index in [1.165, 1.54) is 98.0 Å². The van der Waals surface area contributed by atoms with E-state index in [1.807, 2.05) is 0 Å². The van der Waals surface area contributed by atoms with Crippen LogP contribution in [0.15, 0.2) is 60.0 Å². The molecule has 0 bridgehead atoms. The summed E-state index contributed by atoms with van der Waals surface area (Å²) in [5, 5.41) is 0. The molecule has 0 heterocycles. The average molecular weight is 762 g/mol. The van der Waals surface area contributed by atoms with Gasteiger partial charge in [-0.3, -0.25) is 0 Å². The average Bonchev–Trinajstić information content (AvgIpc) is 3.53. The fraction of sp³-hybridized carbons (Fsp3) is 0.556. The van der Waals surface area contributed by atoms with Gasteiger partial charge in [-0.15, -0.1) is 0 Å². The molecule has 44 heavy (non-hydrogen) atoms. The Hall–Kier alpha value is -0.366. The van der Waals surface area contributed by atoms with E-state index in [0.717, 1.165) is 23.2 Å². The zero-order chi connectivity index (χ0) is 30.9. The third-order valence-electron chi connectivity index (χ3n) is 11.3. The van der Waals surface area contributed by atoms with Crippen LogP contribution in [0.25, 0.3) is 12.2 Å². The third kappa shape index (κ3) is 7.52. The molecule has 0 aromatic heterocycles. The molecule has 2 unspecified atom stereocenters. The topological polar surface area (TPSA) is 18.5 Å². The van der Waals surface area contributed by atoms with Crippen LogP contribution in [0.1, 0.15) is 98.3 Å². The van der Waals surface area contributed by atoms with Crippen LogP contribution >= 0.6 is 17.0 Å². The van der Waals surface area contributed by atoms with Crippen molar-refractivity contribution in [1.29, 1.82) is 0 Å². The Kier molecular flexibility index (Phi) is 11.0. The summed E-state index contributed by atoms with van der Waals surface area (Å²) >= 11 is -2.56. The van der Waals surface area contributed by atoms with Crippen molar-refractivity contribution in [2.45, 2.75) is 125 Å². The summed E-state index contributed by atoms with van der Waals surface area (Å²) in [6.07, 6.45) is 18.3. The summed E-state index contributed by atoms with van der Waals surface area (Å²) in [5.41, 5.74) is 7.01. The van der Waals surface area contributed by atoms with E-state index in [9.17, 15) is 0 Å². The first-order valence-electron chi connectivity index (χ1n) is 17.3. The molecule has 2 nitrogen and oxygen atoms in total. The Morgan fingerprint density at radius 2 is 1.02 bits per heavy atom. The summed E-state index contributed by atoms with van der Waals surface area (Å²) < 4.78 is 14.4. The molecule has 4 aliphatic rings. The van der Waals surface area contributed by atoms with E-state index in [1.54, 1.807) is 0 Å². The number of rotatable bonds is 11. The molecule has 2 fully saturated rings. The van der Waals surface area contributed by atoms with Gasteiger partial charge in [-0.25, -0.2) is 0 Å². The van der Waals surface area contributed by atoms with E-state index >= 15 is 0 Å². The van der Waals surface area contributed by atoms with Crippen molar-refractivity contribution in [3.63, 3.8) is 0 Å². The number of hydrogen-bond donors (Lipinski definition) is 0. The first-order chi connectivity index (χ1) is 21.1. The fourth-order valence-electron chi connectivity index (χ4n) is 8.63. The Bertz CT molecular complexity index is 1270. The number of allylic oxidation sites excluding steroid dienone is 2. The second-order valence-corrected chi connectivity index (χ2v) is 46.9. The van der Waals surface area contributed by atoms with Crippen molar-refractivity contribution in [3.05, 3.63) is 82.3 Å². The Labute approximate surface area is 284 Å². The van der Waals surface area contributed by atoms with Gasteiger partial charge in [0.15, 0.2) is 0 Å². The van der Waals surface area contributed by atoms with E-state index < -0.39 is 41.1 Å². The van der Waals surface area contributed by atoms with Gasteiger partial charge in [-0.05, 0) is 0 Å². The molecule has 237 valence electrons. The van der Waals surface area contributed by atoms with Gasteiger partial charge in [0.05, 0.1) is 0 Å². The van der Waals surface area contributed by atoms with Crippen LogP contribution in [0.3, 0.4) is 0 Å². The molecular weight excluding hydrogens is 711 g/mol. The number of hydrogen-bond acceptors (Lipinski definition) is 2. The Morgan fingerprint density at radius 1 is 0.636 bits per heavy atom. The number of halogens is 2. The monoisotopic (exact) mass is 759 g/mol. The molecule has 0 radical (unpaired) electrons. The normalized spacial score (nSPS) is 23.4. The zero-order valence-corrected chi connectivity index (χ0v) is 34.3. The van der Waals surface area contributed by atoms with Crippen LogP contribution < -0.4 is 0 Å². The first-order valence-corrected chi connectivity index (χ1v) is 36.1. The number of fused-ring (bicyclic) bond motifs is 2. The molecule has 2 aromatic carbocycles. The second kappa shape index (κ2) is 14.4. The van der Waals surface area contributed by atoms with Gasteiger partial charge in [-0.1, -0.05) is 0 Å². The molecule has 0 saturated heterocycles. The van der Waals surface area contributed by atoms with Crippen LogP contribution in [-0.2, 0) is 27.4 Å². The van der Waals surface area contributed by atoms with Gasteiger partial charge < -0.3 is 0 Å². The Balaban J connectivity index is 1.24. The van der Waals surface area contributed by atoms with E-state index in [-0.39, 0.29) is 0 Å². The molecule has 2 atom stereocenters. The van der Waals surface area contributed by atoms with Crippen molar-refractivity contribution in [3.8, 4) is 0 Å². The molecule has 0 N–H and O–H groups in total. The minimum absolute atomic E-state index is 0.296. The van der Waals surface area contributed by atoms with Crippen LogP contribution in [0.5, 0.6) is 0 Å². The van der Waals surface area contributed by atoms with E-state index in [2.05, 4.69) is 86.9 Å². The van der Waals surface area contributed by atoms with E-state index in [0.29, 0.717) is 11.8 Å². The molecule has 4 aliphatic carbocycles. The second-order valence-electron chi connectivity index (χ2n) is 15.0. The molecule has 0 spiro atoms. The van der Waals surface area contributed by atoms with Crippen LogP contribution in [0, 0.1) is 0 Å². The first kappa shape index (κ1) is 33.5. The molecular formula is C36H51Cl2O2Si3Zr. The predicted molar refractivity (Wildman–Crippen MR) is 194 cm³/mol. The fourth-order valence-corrected chi connectivity index (χ4v) is 29.3. The molecule has 2 aromatic rings. The van der Waals surface area contributed by atoms with Gasteiger partial charge in [0.2, 0.25) is 0 Å². The van der Waals surface area contributed by atoms with Crippen LogP contribution in [0.4, 0.5) is 0 Å². The van der Waals surface area contributed by atoms with Crippen molar-refractivity contribution in [2.24, 2.45) is 0 Å². The summed E-state index contributed by atoms with van der Waals surface area (Å²) in [4.78, 5) is 0. The van der Waals surface area contributed by atoms with Crippen LogP contribution in [0.2, 0.25) is 49.4 Å². The SMILES string of the molecule is C[Si](C)(OC1=Cc2ccccc2C1C[SiH](CC1C(O[Si](C)(C)C2CCCCC2)=Cc2ccccc21)[Zr]([Cl])[Cl])C1CCCCC1. The predicted octanol–water partition coefficient (Wildman–Crippen LogP) is 12.0. The molecule has 8 heteroatoms. The van der Waals surface area contributed by atoms with Crippen molar-refractivity contribution in [1.82, 2.24) is 0 Å². The maximum absolute atomic E-state index is 7.22. The van der Waals surface area contributed by atoms with Crippen molar-refractivity contribution in [2.75, 3.05) is 0 Å². The minimum atomic E-state index is -2.56. The van der Waals surface area contributed by atoms with Gasteiger partial charge in [0.1, 0.15) is 0 Å². The van der Waals surface area contributed by atoms with Gasteiger partial charge in [-0.2, -0.15) is 0 Å². The van der Waals surface area contributed by atoms with Crippen molar-refractivity contribution >= 4 is 51.7 Å². The summed E-state index contributed by atoms with van der Waals surface area (Å²) in [5.74, 6) is 1.53. The maximum atomic E-state index is 7.22. The van der Waals surface area contributed by atoms with Crippen molar-refractivity contribution < 1.29 is 27.4 Å². The molecule has 6 rings (SSSR count). The quantitative estimate of drug-likeness (QED) is 0.212. The van der Waals surface area contributed by atoms with Crippen LogP contribution in [-0.4, -0.2) is 22.6 Å². The Morgan fingerprint density at radius 3 is 1.41 bits per heavy atom. The number of benzene rings is 2. The molecule has 0 amide bonds. The summed E-state index contributed by atoms with van der Waals surface area (Å²) in [6.45, 7) is 9.85. The molecule has 2 saturated carbocycles. The van der Waals surface area contributed by atoms with Gasteiger partial charge in [0.25, 0.3) is 0 Å². The third-order valence-corrected chi connectivity index (χ3v) is 39.6. The van der Waals surface area contributed by atoms with Gasteiger partial charge >= 0.3 is 287 Å². The van der Waals surface area contributed by atoms with E-state index in [4.69, 9.17) is 25.9 Å². The van der Waals surface area contributed by atoms with Gasteiger partial charge in [0, 0.05) is 0 Å². The standard InChI is InChI=1S/C36H51O2Si3.2ClH.Zr/c1-40(2,29-17-7-5-8-18-29)37-35-23-27-15-11-13-21-31(27)33(35)25-39-26-34-32-22-14-12-16-28(32)24-36(34)38-41(3,4)30-19-9-6-10-20-30;;;/h11-16,21-24,29-30,33-34,39H,5-10,17-20,25-26H2,1-4H3;2*1H;/q;;;+2/p-2. The summed E-state index contributed by atoms with van der Waals surface area (Å²) in [6, 6.07) is 20.1.